The summed E-state index contributed by atoms with van der Waals surface area (Å²) in [5, 5.41) is 4.20. The number of rotatable bonds is 2. The van der Waals surface area contributed by atoms with Crippen molar-refractivity contribution in [2.45, 2.75) is 32.5 Å². The Bertz CT molecular complexity index is 734. The van der Waals surface area contributed by atoms with E-state index in [4.69, 9.17) is 10.5 Å². The topological polar surface area (TPSA) is 66.0 Å². The Morgan fingerprint density at radius 1 is 1.28 bits per heavy atom. The largest absolute Gasteiger partial charge is 0.419 e. The molecule has 3 heterocycles. The molecule has 5 nitrogen and oxygen atoms in total. The summed E-state index contributed by atoms with van der Waals surface area (Å²) in [6.07, 6.45) is -0.0606. The molecule has 25 heavy (non-hydrogen) atoms. The molecule has 1 saturated heterocycles. The molecule has 2 N–H and O–H groups in total. The Labute approximate surface area is 144 Å². The van der Waals surface area contributed by atoms with Crippen LogP contribution in [0.15, 0.2) is 24.5 Å². The van der Waals surface area contributed by atoms with Crippen LogP contribution in [0, 0.1) is 11.8 Å². The third-order valence-corrected chi connectivity index (χ3v) is 4.39. The van der Waals surface area contributed by atoms with E-state index in [2.05, 4.69) is 10.1 Å². The second-order valence-electron chi connectivity index (χ2n) is 6.72. The summed E-state index contributed by atoms with van der Waals surface area (Å²) in [4.78, 5) is 3.58. The summed E-state index contributed by atoms with van der Waals surface area (Å²) in [7, 11) is 0. The zero-order valence-electron chi connectivity index (χ0n) is 14.1. The van der Waals surface area contributed by atoms with Gasteiger partial charge in [0.2, 0.25) is 0 Å². The van der Waals surface area contributed by atoms with Gasteiger partial charge < -0.3 is 10.5 Å². The zero-order chi connectivity index (χ0) is 18.2. The Morgan fingerprint density at radius 2 is 1.96 bits per heavy atom. The number of ether oxygens (including phenoxy) is 1. The number of pyridine rings is 1. The Kier molecular flexibility index (Phi) is 4.73. The van der Waals surface area contributed by atoms with Gasteiger partial charge in [0, 0.05) is 37.2 Å². The quantitative estimate of drug-likeness (QED) is 0.891. The second kappa shape index (κ2) is 6.67. The molecule has 0 spiro atoms. The van der Waals surface area contributed by atoms with Gasteiger partial charge in [-0.1, -0.05) is 0 Å². The molecule has 0 amide bonds. The van der Waals surface area contributed by atoms with Crippen molar-refractivity contribution < 1.29 is 17.9 Å². The standard InChI is InChI=1S/C12H13F3N4.C5H8O/c1-7(2)19-4-3-10(18-19)8-5-9(12(13,14)15)11(16)17-6-8;1-4-2-6-3-5(1)4/h3-7H,1-2H3,(H2,16,17);4-5H,1-3H2. The smallest absolute Gasteiger partial charge is 0.383 e. The van der Waals surface area contributed by atoms with Crippen LogP contribution >= 0.6 is 0 Å². The monoisotopic (exact) mass is 354 g/mol. The summed E-state index contributed by atoms with van der Waals surface area (Å²) in [6, 6.07) is 2.75. The number of hydrogen-bond acceptors (Lipinski definition) is 4. The molecule has 2 aromatic rings. The van der Waals surface area contributed by atoms with Crippen molar-refractivity contribution in [2.75, 3.05) is 18.9 Å². The van der Waals surface area contributed by atoms with Crippen LogP contribution in [-0.4, -0.2) is 28.0 Å². The number of alkyl halides is 3. The molecule has 2 unspecified atom stereocenters. The van der Waals surface area contributed by atoms with E-state index in [0.29, 0.717) is 11.3 Å². The first-order chi connectivity index (χ1) is 11.8. The third-order valence-electron chi connectivity index (χ3n) is 4.39. The lowest BCUT2D eigenvalue weighted by Gasteiger charge is -2.10. The van der Waals surface area contributed by atoms with Crippen molar-refractivity contribution in [3.05, 3.63) is 30.1 Å². The number of nitrogens with zero attached hydrogens (tertiary/aromatic N) is 3. The van der Waals surface area contributed by atoms with E-state index in [1.807, 2.05) is 13.8 Å². The van der Waals surface area contributed by atoms with Gasteiger partial charge in [0.15, 0.2) is 0 Å². The molecule has 0 radical (unpaired) electrons. The lowest BCUT2D eigenvalue weighted by molar-refractivity contribution is -0.137. The number of halogens is 3. The Hall–Kier alpha value is -2.09. The molecule has 4 rings (SSSR count). The summed E-state index contributed by atoms with van der Waals surface area (Å²) < 4.78 is 45.0. The van der Waals surface area contributed by atoms with Crippen molar-refractivity contribution in [2.24, 2.45) is 11.8 Å². The molecule has 0 bridgehead atoms. The maximum atomic E-state index is 12.7. The fraction of sp³-hybridized carbons (Fsp3) is 0.529. The highest BCUT2D eigenvalue weighted by molar-refractivity contribution is 5.61. The van der Waals surface area contributed by atoms with Crippen LogP contribution in [0.1, 0.15) is 31.9 Å². The first kappa shape index (κ1) is 17.7. The summed E-state index contributed by atoms with van der Waals surface area (Å²) in [6.45, 7) is 5.98. The van der Waals surface area contributed by atoms with Crippen LogP contribution in [0.5, 0.6) is 0 Å². The van der Waals surface area contributed by atoms with Crippen molar-refractivity contribution in [3.63, 3.8) is 0 Å². The van der Waals surface area contributed by atoms with Crippen LogP contribution in [-0.2, 0) is 10.9 Å². The minimum atomic E-state index is -4.52. The molecule has 2 aliphatic rings. The summed E-state index contributed by atoms with van der Waals surface area (Å²) in [5.41, 5.74) is 5.04. The van der Waals surface area contributed by atoms with Gasteiger partial charge in [-0.05, 0) is 44.2 Å². The lowest BCUT2D eigenvalue weighted by atomic mass is 10.1. The van der Waals surface area contributed by atoms with E-state index >= 15 is 0 Å². The van der Waals surface area contributed by atoms with Crippen LogP contribution in [0.2, 0.25) is 0 Å². The van der Waals surface area contributed by atoms with Crippen LogP contribution < -0.4 is 5.73 Å². The van der Waals surface area contributed by atoms with Gasteiger partial charge in [0.25, 0.3) is 0 Å². The third kappa shape index (κ3) is 4.12. The number of nitrogen functional groups attached to an aromatic ring is 1. The van der Waals surface area contributed by atoms with E-state index in [9.17, 15) is 13.2 Å². The molecule has 136 valence electrons. The molecule has 1 aliphatic heterocycles. The average molecular weight is 354 g/mol. The molecule has 2 atom stereocenters. The molecule has 1 saturated carbocycles. The van der Waals surface area contributed by atoms with Gasteiger partial charge >= 0.3 is 6.18 Å². The highest BCUT2D eigenvalue weighted by Gasteiger charge is 2.41. The van der Waals surface area contributed by atoms with Crippen molar-refractivity contribution >= 4 is 5.82 Å². The first-order valence-corrected chi connectivity index (χ1v) is 8.21. The average Bonchev–Trinajstić information content (AvgIpc) is 2.97. The molecule has 2 aromatic heterocycles. The molecule has 8 heteroatoms. The Balaban J connectivity index is 0.000000250. The van der Waals surface area contributed by atoms with E-state index in [0.717, 1.165) is 31.1 Å². The van der Waals surface area contributed by atoms with E-state index in [1.54, 1.807) is 16.9 Å². The SMILES string of the molecule is C1OCC2CC12.CC(C)n1ccc(-c2cnc(N)c(C(F)(F)F)c2)n1. The molecular weight excluding hydrogens is 333 g/mol. The van der Waals surface area contributed by atoms with Gasteiger partial charge in [0.1, 0.15) is 5.82 Å². The van der Waals surface area contributed by atoms with Gasteiger partial charge in [-0.2, -0.15) is 18.3 Å². The van der Waals surface area contributed by atoms with E-state index in [1.165, 1.54) is 12.6 Å². The van der Waals surface area contributed by atoms with Crippen molar-refractivity contribution in [3.8, 4) is 11.3 Å². The van der Waals surface area contributed by atoms with Crippen LogP contribution in [0.3, 0.4) is 0 Å². The minimum absolute atomic E-state index is 0.137. The summed E-state index contributed by atoms with van der Waals surface area (Å²) >= 11 is 0. The van der Waals surface area contributed by atoms with Gasteiger partial charge in [-0.15, -0.1) is 0 Å². The maximum absolute atomic E-state index is 12.7. The van der Waals surface area contributed by atoms with Crippen LogP contribution in [0.4, 0.5) is 19.0 Å². The Morgan fingerprint density at radius 3 is 2.40 bits per heavy atom. The number of aromatic nitrogens is 3. The van der Waals surface area contributed by atoms with Gasteiger partial charge in [0.05, 0.1) is 11.3 Å². The van der Waals surface area contributed by atoms with Gasteiger partial charge in [-0.3, -0.25) is 4.68 Å². The normalized spacial score (nSPS) is 21.7. The highest BCUT2D eigenvalue weighted by Crippen LogP contribution is 2.43. The molecular formula is C17H21F3N4O. The number of fused-ring (bicyclic) bond motifs is 1. The number of hydrogen-bond donors (Lipinski definition) is 1. The minimum Gasteiger partial charge on any atom is -0.383 e. The van der Waals surface area contributed by atoms with Gasteiger partial charge in [-0.25, -0.2) is 4.98 Å². The fourth-order valence-corrected chi connectivity index (χ4v) is 2.71. The second-order valence-corrected chi connectivity index (χ2v) is 6.72. The van der Waals surface area contributed by atoms with E-state index in [-0.39, 0.29) is 6.04 Å². The highest BCUT2D eigenvalue weighted by atomic mass is 19.4. The molecule has 0 aromatic carbocycles. The molecule has 2 fully saturated rings. The van der Waals surface area contributed by atoms with Crippen molar-refractivity contribution in [1.82, 2.24) is 14.8 Å². The number of anilines is 1. The first-order valence-electron chi connectivity index (χ1n) is 8.21. The predicted molar refractivity (Wildman–Crippen MR) is 87.7 cm³/mol. The molecule has 1 aliphatic carbocycles. The van der Waals surface area contributed by atoms with Crippen LogP contribution in [0.25, 0.3) is 11.3 Å². The van der Waals surface area contributed by atoms with Crippen molar-refractivity contribution in [1.29, 1.82) is 0 Å². The maximum Gasteiger partial charge on any atom is 0.419 e. The summed E-state index contributed by atoms with van der Waals surface area (Å²) in [5.74, 6) is 1.45. The zero-order valence-corrected chi connectivity index (χ0v) is 14.1. The predicted octanol–water partition coefficient (Wildman–Crippen LogP) is 3.78. The lowest BCUT2D eigenvalue weighted by Crippen LogP contribution is -2.10. The number of nitrogens with two attached hydrogens (primary N) is 1. The van der Waals surface area contributed by atoms with E-state index < -0.39 is 17.6 Å². The fourth-order valence-electron chi connectivity index (χ4n) is 2.71.